The molecule has 0 radical (unpaired) electrons. The van der Waals surface area contributed by atoms with Crippen LogP contribution in [0.15, 0.2) is 0 Å². The summed E-state index contributed by atoms with van der Waals surface area (Å²) in [7, 11) is -3.05. The fraction of sp³-hybridized carbons (Fsp3) is 1.00. The molecule has 1 unspecified atom stereocenters. The van der Waals surface area contributed by atoms with Gasteiger partial charge in [-0.25, -0.2) is 12.7 Å². The first-order chi connectivity index (χ1) is 9.13. The van der Waals surface area contributed by atoms with E-state index in [-0.39, 0.29) is 5.41 Å². The van der Waals surface area contributed by atoms with Crippen molar-refractivity contribution in [1.29, 1.82) is 0 Å². The zero-order valence-electron chi connectivity index (χ0n) is 13.8. The van der Waals surface area contributed by atoms with Gasteiger partial charge in [-0.3, -0.25) is 0 Å². The van der Waals surface area contributed by atoms with E-state index in [1.807, 2.05) is 0 Å². The Bertz CT molecular complexity index is 385. The van der Waals surface area contributed by atoms with Gasteiger partial charge in [-0.2, -0.15) is 0 Å². The maximum Gasteiger partial charge on any atom is 0.214 e. The molecule has 1 aliphatic heterocycles. The van der Waals surface area contributed by atoms with Gasteiger partial charge in [-0.1, -0.05) is 34.6 Å². The lowest BCUT2D eigenvalue weighted by Crippen LogP contribution is -2.33. The van der Waals surface area contributed by atoms with E-state index < -0.39 is 10.0 Å². The summed E-state index contributed by atoms with van der Waals surface area (Å²) >= 11 is 0. The third-order valence-corrected chi connectivity index (χ3v) is 6.07. The average Bonchev–Trinajstić information content (AvgIpc) is 2.77. The molecule has 0 aromatic carbocycles. The van der Waals surface area contributed by atoms with Crippen LogP contribution in [0, 0.1) is 11.3 Å². The van der Waals surface area contributed by atoms with Gasteiger partial charge in [0, 0.05) is 19.1 Å². The van der Waals surface area contributed by atoms with Gasteiger partial charge in [0.05, 0.1) is 5.75 Å². The molecule has 0 aromatic heterocycles. The summed E-state index contributed by atoms with van der Waals surface area (Å²) in [4.78, 5) is 0. The Labute approximate surface area is 125 Å². The molecule has 1 heterocycles. The van der Waals surface area contributed by atoms with Crippen molar-refractivity contribution in [2.75, 3.05) is 25.4 Å². The Morgan fingerprint density at radius 3 is 2.40 bits per heavy atom. The van der Waals surface area contributed by atoms with Crippen molar-refractivity contribution in [3.05, 3.63) is 0 Å². The van der Waals surface area contributed by atoms with E-state index in [1.165, 1.54) is 0 Å². The zero-order valence-corrected chi connectivity index (χ0v) is 14.6. The van der Waals surface area contributed by atoms with Crippen molar-refractivity contribution in [3.63, 3.8) is 0 Å². The van der Waals surface area contributed by atoms with Crippen LogP contribution in [0.1, 0.15) is 53.9 Å². The maximum atomic E-state index is 12.3. The summed E-state index contributed by atoms with van der Waals surface area (Å²) in [5, 5.41) is 3.32. The molecule has 5 heteroatoms. The van der Waals surface area contributed by atoms with Crippen LogP contribution in [0.2, 0.25) is 0 Å². The molecule has 1 aliphatic rings. The predicted octanol–water partition coefficient (Wildman–Crippen LogP) is 2.46. The first-order valence-electron chi connectivity index (χ1n) is 7.84. The van der Waals surface area contributed by atoms with Gasteiger partial charge < -0.3 is 5.32 Å². The molecule has 0 amide bonds. The Hall–Kier alpha value is -0.130. The zero-order chi connectivity index (χ0) is 15.4. The maximum absolute atomic E-state index is 12.3. The van der Waals surface area contributed by atoms with E-state index in [2.05, 4.69) is 39.9 Å². The van der Waals surface area contributed by atoms with E-state index in [1.54, 1.807) is 4.31 Å². The molecule has 0 bridgehead atoms. The summed E-state index contributed by atoms with van der Waals surface area (Å²) in [5.41, 5.74) is 0.200. The lowest BCUT2D eigenvalue weighted by atomic mass is 9.80. The van der Waals surface area contributed by atoms with Gasteiger partial charge in [0.1, 0.15) is 0 Å². The molecule has 1 rings (SSSR count). The van der Waals surface area contributed by atoms with E-state index >= 15 is 0 Å². The van der Waals surface area contributed by atoms with Crippen molar-refractivity contribution in [3.8, 4) is 0 Å². The van der Waals surface area contributed by atoms with Crippen LogP contribution < -0.4 is 5.32 Å². The fourth-order valence-corrected chi connectivity index (χ4v) is 4.23. The van der Waals surface area contributed by atoms with Crippen molar-refractivity contribution >= 4 is 10.0 Å². The lowest BCUT2D eigenvalue weighted by molar-refractivity contribution is 0.252. The summed E-state index contributed by atoms with van der Waals surface area (Å²) in [5.74, 6) is 0.781. The molecule has 0 aromatic rings. The van der Waals surface area contributed by atoms with Crippen LogP contribution in [-0.2, 0) is 10.0 Å². The van der Waals surface area contributed by atoms with Gasteiger partial charge in [0.2, 0.25) is 10.0 Å². The highest BCUT2D eigenvalue weighted by Gasteiger charge is 2.36. The number of unbranched alkanes of at least 4 members (excludes halogenated alkanes) is 1. The van der Waals surface area contributed by atoms with Crippen LogP contribution in [0.25, 0.3) is 0 Å². The van der Waals surface area contributed by atoms with Gasteiger partial charge in [0.25, 0.3) is 0 Å². The molecular formula is C15H32N2O2S. The fourth-order valence-electron chi connectivity index (χ4n) is 2.62. The second-order valence-electron chi connectivity index (χ2n) is 7.34. The second-order valence-corrected chi connectivity index (χ2v) is 9.43. The largest absolute Gasteiger partial charge is 0.315 e. The van der Waals surface area contributed by atoms with Crippen molar-refractivity contribution in [1.82, 2.24) is 9.62 Å². The van der Waals surface area contributed by atoms with E-state index in [4.69, 9.17) is 0 Å². The minimum Gasteiger partial charge on any atom is -0.315 e. The normalized spacial score (nSPS) is 21.8. The van der Waals surface area contributed by atoms with Crippen LogP contribution in [-0.4, -0.2) is 44.2 Å². The molecule has 1 saturated heterocycles. The molecule has 120 valence electrons. The minimum atomic E-state index is -3.05. The molecule has 1 fully saturated rings. The summed E-state index contributed by atoms with van der Waals surface area (Å²) in [6.07, 6.45) is 2.67. The SMILES string of the molecule is CC(C)NCCCCS(=O)(=O)N1CCC(C(C)(C)C)C1. The first-order valence-corrected chi connectivity index (χ1v) is 9.45. The Morgan fingerprint density at radius 1 is 1.25 bits per heavy atom. The van der Waals surface area contributed by atoms with Crippen LogP contribution in [0.3, 0.4) is 0 Å². The number of hydrogen-bond donors (Lipinski definition) is 1. The molecule has 0 saturated carbocycles. The third kappa shape index (κ3) is 5.70. The quantitative estimate of drug-likeness (QED) is 0.735. The highest BCUT2D eigenvalue weighted by atomic mass is 32.2. The summed E-state index contributed by atoms with van der Waals surface area (Å²) in [6, 6.07) is 0.470. The number of rotatable bonds is 7. The Kier molecular flexibility index (Phi) is 6.48. The highest BCUT2D eigenvalue weighted by Crippen LogP contribution is 2.34. The van der Waals surface area contributed by atoms with Gasteiger partial charge >= 0.3 is 0 Å². The molecule has 4 nitrogen and oxygen atoms in total. The summed E-state index contributed by atoms with van der Waals surface area (Å²) < 4.78 is 26.3. The van der Waals surface area contributed by atoms with Gasteiger partial charge in [-0.15, -0.1) is 0 Å². The van der Waals surface area contributed by atoms with Gasteiger partial charge in [-0.05, 0) is 37.1 Å². The van der Waals surface area contributed by atoms with Crippen molar-refractivity contribution < 1.29 is 8.42 Å². The predicted molar refractivity (Wildman–Crippen MR) is 85.3 cm³/mol. The number of sulfonamides is 1. The third-order valence-electron chi connectivity index (χ3n) is 4.15. The first kappa shape index (κ1) is 17.9. The standard InChI is InChI=1S/C15H32N2O2S/c1-13(2)16-9-6-7-11-20(18,19)17-10-8-14(12-17)15(3,4)5/h13-14,16H,6-12H2,1-5H3. The average molecular weight is 305 g/mol. The summed E-state index contributed by atoms with van der Waals surface area (Å²) in [6.45, 7) is 13.1. The highest BCUT2D eigenvalue weighted by molar-refractivity contribution is 7.89. The number of nitrogens with one attached hydrogen (secondary N) is 1. The molecular weight excluding hydrogens is 272 g/mol. The smallest absolute Gasteiger partial charge is 0.214 e. The number of hydrogen-bond acceptors (Lipinski definition) is 3. The second kappa shape index (κ2) is 7.23. The Morgan fingerprint density at radius 2 is 1.90 bits per heavy atom. The van der Waals surface area contributed by atoms with Gasteiger partial charge in [0.15, 0.2) is 0 Å². The molecule has 1 atom stereocenters. The lowest BCUT2D eigenvalue weighted by Gasteiger charge is -2.26. The van der Waals surface area contributed by atoms with Crippen LogP contribution in [0.5, 0.6) is 0 Å². The van der Waals surface area contributed by atoms with Crippen molar-refractivity contribution in [2.24, 2.45) is 11.3 Å². The molecule has 20 heavy (non-hydrogen) atoms. The minimum absolute atomic E-state index is 0.200. The van der Waals surface area contributed by atoms with E-state index in [0.29, 0.717) is 30.8 Å². The van der Waals surface area contributed by atoms with E-state index in [0.717, 1.165) is 25.8 Å². The number of nitrogens with zero attached hydrogens (tertiary/aromatic N) is 1. The van der Waals surface area contributed by atoms with E-state index in [9.17, 15) is 8.42 Å². The van der Waals surface area contributed by atoms with Crippen molar-refractivity contribution in [2.45, 2.75) is 59.9 Å². The monoisotopic (exact) mass is 304 g/mol. The molecule has 1 N–H and O–H groups in total. The van der Waals surface area contributed by atoms with Crippen LogP contribution in [0.4, 0.5) is 0 Å². The van der Waals surface area contributed by atoms with Crippen LogP contribution >= 0.6 is 0 Å². The Balaban J connectivity index is 2.35. The molecule has 0 aliphatic carbocycles. The topological polar surface area (TPSA) is 49.4 Å². The molecule has 0 spiro atoms.